The SMILES string of the molecule is CC(=O)c1ccc(N2CCN(Cc3cc4c(cc3Br)OCCO4)CC2)c(F)c1. The summed E-state index contributed by atoms with van der Waals surface area (Å²) >= 11 is 3.63. The number of nitrogens with zero attached hydrogens (tertiary/aromatic N) is 2. The van der Waals surface area contributed by atoms with E-state index in [9.17, 15) is 9.18 Å². The quantitative estimate of drug-likeness (QED) is 0.663. The van der Waals surface area contributed by atoms with Gasteiger partial charge in [-0.05, 0) is 42.8 Å². The zero-order valence-electron chi connectivity index (χ0n) is 15.7. The van der Waals surface area contributed by atoms with Crippen molar-refractivity contribution in [1.29, 1.82) is 0 Å². The van der Waals surface area contributed by atoms with Crippen LogP contribution in [0, 0.1) is 5.82 Å². The van der Waals surface area contributed by atoms with E-state index in [2.05, 4.69) is 20.8 Å². The lowest BCUT2D eigenvalue weighted by atomic mass is 10.1. The second-order valence-electron chi connectivity index (χ2n) is 7.07. The van der Waals surface area contributed by atoms with Crippen molar-refractivity contribution in [3.05, 3.63) is 51.7 Å². The Morgan fingerprint density at radius 1 is 1.07 bits per heavy atom. The average molecular weight is 449 g/mol. The van der Waals surface area contributed by atoms with Crippen LogP contribution >= 0.6 is 15.9 Å². The van der Waals surface area contributed by atoms with Crippen LogP contribution in [0.5, 0.6) is 11.5 Å². The van der Waals surface area contributed by atoms with Crippen molar-refractivity contribution in [1.82, 2.24) is 4.90 Å². The minimum Gasteiger partial charge on any atom is -0.486 e. The van der Waals surface area contributed by atoms with Gasteiger partial charge in [0.1, 0.15) is 19.0 Å². The number of carbonyl (C=O) groups excluding carboxylic acids is 1. The Balaban J connectivity index is 1.40. The molecule has 0 radical (unpaired) electrons. The van der Waals surface area contributed by atoms with Crippen molar-refractivity contribution in [2.75, 3.05) is 44.3 Å². The average Bonchev–Trinajstić information content (AvgIpc) is 2.69. The number of hydrogen-bond acceptors (Lipinski definition) is 5. The van der Waals surface area contributed by atoms with E-state index in [1.165, 1.54) is 13.0 Å². The molecule has 28 heavy (non-hydrogen) atoms. The van der Waals surface area contributed by atoms with Gasteiger partial charge in [0.15, 0.2) is 17.3 Å². The van der Waals surface area contributed by atoms with Gasteiger partial charge in [0.05, 0.1) is 5.69 Å². The first-order valence-corrected chi connectivity index (χ1v) is 10.2. The van der Waals surface area contributed by atoms with Gasteiger partial charge in [-0.25, -0.2) is 4.39 Å². The maximum Gasteiger partial charge on any atom is 0.162 e. The molecule has 7 heteroatoms. The molecule has 2 aromatic rings. The number of ketones is 1. The van der Waals surface area contributed by atoms with Crippen LogP contribution in [0.3, 0.4) is 0 Å². The third-order valence-electron chi connectivity index (χ3n) is 5.17. The van der Waals surface area contributed by atoms with E-state index in [0.29, 0.717) is 24.5 Å². The molecule has 0 saturated carbocycles. The fourth-order valence-corrected chi connectivity index (χ4v) is 4.05. The van der Waals surface area contributed by atoms with E-state index in [1.807, 2.05) is 17.0 Å². The summed E-state index contributed by atoms with van der Waals surface area (Å²) in [5.41, 5.74) is 2.11. The molecular formula is C21H22BrFN2O3. The molecule has 5 nitrogen and oxygen atoms in total. The molecule has 2 aliphatic heterocycles. The van der Waals surface area contributed by atoms with Crippen molar-refractivity contribution in [3.8, 4) is 11.5 Å². The number of rotatable bonds is 4. The van der Waals surface area contributed by atoms with Crippen LogP contribution in [0.15, 0.2) is 34.8 Å². The van der Waals surface area contributed by atoms with E-state index in [1.54, 1.807) is 12.1 Å². The van der Waals surface area contributed by atoms with Gasteiger partial charge >= 0.3 is 0 Å². The second kappa shape index (κ2) is 8.09. The lowest BCUT2D eigenvalue weighted by molar-refractivity contribution is 0.101. The van der Waals surface area contributed by atoms with Crippen molar-refractivity contribution in [2.45, 2.75) is 13.5 Å². The molecule has 0 aliphatic carbocycles. The minimum absolute atomic E-state index is 0.125. The summed E-state index contributed by atoms with van der Waals surface area (Å²) in [7, 11) is 0. The first-order valence-electron chi connectivity index (χ1n) is 9.37. The third-order valence-corrected chi connectivity index (χ3v) is 5.91. The molecule has 0 unspecified atom stereocenters. The molecular weight excluding hydrogens is 427 g/mol. The highest BCUT2D eigenvalue weighted by Crippen LogP contribution is 2.36. The molecule has 0 atom stereocenters. The molecule has 0 N–H and O–H groups in total. The number of halogens is 2. The Hall–Kier alpha value is -2.12. The van der Waals surface area contributed by atoms with Crippen molar-refractivity contribution < 1.29 is 18.7 Å². The zero-order valence-corrected chi connectivity index (χ0v) is 17.3. The number of anilines is 1. The van der Waals surface area contributed by atoms with Crippen molar-refractivity contribution in [3.63, 3.8) is 0 Å². The zero-order chi connectivity index (χ0) is 19.7. The predicted octanol–water partition coefficient (Wildman–Crippen LogP) is 3.88. The molecule has 4 rings (SSSR count). The van der Waals surface area contributed by atoms with Gasteiger partial charge in [0.2, 0.25) is 0 Å². The molecule has 0 amide bonds. The highest BCUT2D eigenvalue weighted by molar-refractivity contribution is 9.10. The number of piperazine rings is 1. The Morgan fingerprint density at radius 2 is 1.75 bits per heavy atom. The molecule has 1 fully saturated rings. The van der Waals surface area contributed by atoms with Gasteiger partial charge < -0.3 is 14.4 Å². The van der Waals surface area contributed by atoms with E-state index in [0.717, 1.165) is 54.3 Å². The standard InChI is InChI=1S/C21H22BrFN2O3/c1-14(26)15-2-3-19(18(23)10-15)25-6-4-24(5-7-25)13-16-11-20-21(12-17(16)22)28-9-8-27-20/h2-3,10-12H,4-9,13H2,1H3. The summed E-state index contributed by atoms with van der Waals surface area (Å²) in [6.07, 6.45) is 0. The second-order valence-corrected chi connectivity index (χ2v) is 7.93. The maximum atomic E-state index is 14.4. The highest BCUT2D eigenvalue weighted by Gasteiger charge is 2.22. The van der Waals surface area contributed by atoms with Crippen molar-refractivity contribution >= 4 is 27.4 Å². The molecule has 0 aromatic heterocycles. The summed E-state index contributed by atoms with van der Waals surface area (Å²) in [5.74, 6) is 1.10. The van der Waals surface area contributed by atoms with Crippen LogP contribution in [0.4, 0.5) is 10.1 Å². The minimum atomic E-state index is -0.337. The normalized spacial score (nSPS) is 16.9. The highest BCUT2D eigenvalue weighted by atomic mass is 79.9. The van der Waals surface area contributed by atoms with Gasteiger partial charge in [-0.1, -0.05) is 15.9 Å². The maximum absolute atomic E-state index is 14.4. The first-order chi connectivity index (χ1) is 13.5. The fourth-order valence-electron chi connectivity index (χ4n) is 3.60. The van der Waals surface area contributed by atoms with Crippen molar-refractivity contribution in [2.24, 2.45) is 0 Å². The van der Waals surface area contributed by atoms with E-state index in [4.69, 9.17) is 9.47 Å². The topological polar surface area (TPSA) is 42.0 Å². The number of benzene rings is 2. The molecule has 1 saturated heterocycles. The molecule has 2 heterocycles. The summed E-state index contributed by atoms with van der Waals surface area (Å²) in [4.78, 5) is 15.8. The number of Topliss-reactive ketones (excluding diaryl/α,β-unsaturated/α-hetero) is 1. The number of carbonyl (C=O) groups is 1. The van der Waals surface area contributed by atoms with Crippen LogP contribution < -0.4 is 14.4 Å². The molecule has 148 valence electrons. The van der Waals surface area contributed by atoms with Gasteiger partial charge in [-0.15, -0.1) is 0 Å². The Bertz CT molecular complexity index is 897. The lowest BCUT2D eigenvalue weighted by Crippen LogP contribution is -2.46. The molecule has 0 bridgehead atoms. The largest absolute Gasteiger partial charge is 0.486 e. The third kappa shape index (κ3) is 4.00. The Labute approximate surface area is 172 Å². The molecule has 2 aromatic carbocycles. The smallest absolute Gasteiger partial charge is 0.162 e. The van der Waals surface area contributed by atoms with Crippen LogP contribution in [0.1, 0.15) is 22.8 Å². The number of fused-ring (bicyclic) bond motifs is 1. The summed E-state index contributed by atoms with van der Waals surface area (Å²) in [6, 6.07) is 8.73. The predicted molar refractivity (Wildman–Crippen MR) is 109 cm³/mol. The van der Waals surface area contributed by atoms with Crippen LogP contribution in [-0.2, 0) is 6.54 Å². The van der Waals surface area contributed by atoms with Gasteiger partial charge in [-0.3, -0.25) is 9.69 Å². The Kier molecular flexibility index (Phi) is 5.55. The van der Waals surface area contributed by atoms with Gasteiger partial charge in [0, 0.05) is 42.8 Å². The van der Waals surface area contributed by atoms with Crippen LogP contribution in [-0.4, -0.2) is 50.1 Å². The summed E-state index contributed by atoms with van der Waals surface area (Å²) in [5, 5.41) is 0. The Morgan fingerprint density at radius 3 is 2.39 bits per heavy atom. The van der Waals surface area contributed by atoms with E-state index < -0.39 is 0 Å². The summed E-state index contributed by atoms with van der Waals surface area (Å²) in [6.45, 7) is 6.51. The molecule has 0 spiro atoms. The number of hydrogen-bond donors (Lipinski definition) is 0. The van der Waals surface area contributed by atoms with Crippen LogP contribution in [0.2, 0.25) is 0 Å². The van der Waals surface area contributed by atoms with Gasteiger partial charge in [0.25, 0.3) is 0 Å². The first kappa shape index (κ1) is 19.2. The lowest BCUT2D eigenvalue weighted by Gasteiger charge is -2.36. The monoisotopic (exact) mass is 448 g/mol. The summed E-state index contributed by atoms with van der Waals surface area (Å²) < 4.78 is 26.7. The van der Waals surface area contributed by atoms with Crippen LogP contribution in [0.25, 0.3) is 0 Å². The number of ether oxygens (including phenoxy) is 2. The molecule has 2 aliphatic rings. The van der Waals surface area contributed by atoms with E-state index >= 15 is 0 Å². The van der Waals surface area contributed by atoms with Gasteiger partial charge in [-0.2, -0.15) is 0 Å². The fraction of sp³-hybridized carbons (Fsp3) is 0.381. The van der Waals surface area contributed by atoms with E-state index in [-0.39, 0.29) is 11.6 Å².